The number of benzene rings is 1. The molecule has 0 saturated carbocycles. The van der Waals surface area contributed by atoms with Gasteiger partial charge in [-0.2, -0.15) is 0 Å². The third-order valence-corrected chi connectivity index (χ3v) is 2.67. The Bertz CT molecular complexity index is 435. The molecule has 0 unspecified atom stereocenters. The minimum Gasteiger partial charge on any atom is -0.382 e. The quantitative estimate of drug-likeness (QED) is 0.498. The number of hydroxylamine groups is 1. The highest BCUT2D eigenvalue weighted by molar-refractivity contribution is 6.42. The number of carbonyl (C=O) groups is 1. The lowest BCUT2D eigenvalue weighted by Gasteiger charge is -2.02. The molecule has 1 aromatic carbocycles. The molecule has 98 valence electrons. The van der Waals surface area contributed by atoms with Crippen LogP contribution in [0.4, 0.5) is 0 Å². The standard InChI is InChI=1S/C12H13Cl2NO3/c1-17-6-7-18-15-12(16)5-3-9-2-4-10(13)11(14)8-9/h2-5,8H,6-7H2,1H3,(H,15,16)/b5-3+. The van der Waals surface area contributed by atoms with Gasteiger partial charge in [-0.05, 0) is 23.8 Å². The fourth-order valence-electron chi connectivity index (χ4n) is 1.07. The zero-order valence-corrected chi connectivity index (χ0v) is 11.3. The molecule has 1 rings (SSSR count). The highest BCUT2D eigenvalue weighted by Gasteiger charge is 1.98. The van der Waals surface area contributed by atoms with Crippen LogP contribution in [0.25, 0.3) is 6.08 Å². The molecular formula is C12H13Cl2NO3. The fourth-order valence-corrected chi connectivity index (χ4v) is 1.38. The van der Waals surface area contributed by atoms with Gasteiger partial charge in [0.1, 0.15) is 0 Å². The average Bonchev–Trinajstić information content (AvgIpc) is 2.36. The average molecular weight is 290 g/mol. The second-order valence-corrected chi connectivity index (χ2v) is 4.13. The molecule has 0 aromatic heterocycles. The summed E-state index contributed by atoms with van der Waals surface area (Å²) in [5, 5.41) is 0.914. The van der Waals surface area contributed by atoms with Gasteiger partial charge in [-0.25, -0.2) is 5.48 Å². The first-order valence-electron chi connectivity index (χ1n) is 5.17. The van der Waals surface area contributed by atoms with Crippen LogP contribution in [0.2, 0.25) is 10.0 Å². The monoisotopic (exact) mass is 289 g/mol. The van der Waals surface area contributed by atoms with Crippen molar-refractivity contribution >= 4 is 35.2 Å². The molecule has 1 amide bonds. The predicted octanol–water partition coefficient (Wildman–Crippen LogP) is 2.70. The fraction of sp³-hybridized carbons (Fsp3) is 0.250. The Hall–Kier alpha value is -1.07. The topological polar surface area (TPSA) is 47.6 Å². The molecule has 0 atom stereocenters. The van der Waals surface area contributed by atoms with Crippen molar-refractivity contribution in [2.45, 2.75) is 0 Å². The van der Waals surface area contributed by atoms with E-state index in [0.29, 0.717) is 23.3 Å². The highest BCUT2D eigenvalue weighted by Crippen LogP contribution is 2.22. The number of carbonyl (C=O) groups excluding carboxylic acids is 1. The molecular weight excluding hydrogens is 277 g/mol. The number of hydrogen-bond acceptors (Lipinski definition) is 3. The molecule has 0 radical (unpaired) electrons. The molecule has 0 saturated heterocycles. The van der Waals surface area contributed by atoms with E-state index in [0.717, 1.165) is 5.56 Å². The Kier molecular flexibility index (Phi) is 6.75. The van der Waals surface area contributed by atoms with Gasteiger partial charge in [0.2, 0.25) is 0 Å². The van der Waals surface area contributed by atoms with E-state index in [9.17, 15) is 4.79 Å². The van der Waals surface area contributed by atoms with E-state index >= 15 is 0 Å². The van der Waals surface area contributed by atoms with E-state index in [-0.39, 0.29) is 5.91 Å². The van der Waals surface area contributed by atoms with Crippen LogP contribution >= 0.6 is 23.2 Å². The number of ether oxygens (including phenoxy) is 1. The van der Waals surface area contributed by atoms with Gasteiger partial charge in [-0.15, -0.1) is 0 Å². The third kappa shape index (κ3) is 5.51. The highest BCUT2D eigenvalue weighted by atomic mass is 35.5. The Labute approximate surface area is 115 Å². The first kappa shape index (κ1) is 15.0. The van der Waals surface area contributed by atoms with Gasteiger partial charge in [-0.1, -0.05) is 29.3 Å². The van der Waals surface area contributed by atoms with E-state index in [1.807, 2.05) is 0 Å². The minimum absolute atomic E-state index is 0.294. The second kappa shape index (κ2) is 8.11. The number of nitrogens with one attached hydrogen (secondary N) is 1. The van der Waals surface area contributed by atoms with E-state index in [4.69, 9.17) is 32.8 Å². The Balaban J connectivity index is 2.43. The molecule has 1 aromatic rings. The van der Waals surface area contributed by atoms with Gasteiger partial charge in [0.15, 0.2) is 0 Å². The molecule has 0 fully saturated rings. The molecule has 6 heteroatoms. The van der Waals surface area contributed by atoms with Crippen molar-refractivity contribution in [1.29, 1.82) is 0 Å². The van der Waals surface area contributed by atoms with Crippen molar-refractivity contribution in [2.24, 2.45) is 0 Å². The van der Waals surface area contributed by atoms with Crippen molar-refractivity contribution in [1.82, 2.24) is 5.48 Å². The summed E-state index contributed by atoms with van der Waals surface area (Å²) in [6, 6.07) is 5.08. The summed E-state index contributed by atoms with van der Waals surface area (Å²) in [5.41, 5.74) is 3.02. The summed E-state index contributed by atoms with van der Waals surface area (Å²) in [4.78, 5) is 16.2. The summed E-state index contributed by atoms with van der Waals surface area (Å²) >= 11 is 11.6. The molecule has 0 spiro atoms. The number of rotatable bonds is 6. The molecule has 4 nitrogen and oxygen atoms in total. The van der Waals surface area contributed by atoms with Crippen molar-refractivity contribution in [3.8, 4) is 0 Å². The first-order chi connectivity index (χ1) is 8.63. The van der Waals surface area contributed by atoms with Gasteiger partial charge >= 0.3 is 0 Å². The Morgan fingerprint density at radius 1 is 1.33 bits per heavy atom. The molecule has 1 N–H and O–H groups in total. The smallest absolute Gasteiger partial charge is 0.267 e. The molecule has 18 heavy (non-hydrogen) atoms. The van der Waals surface area contributed by atoms with Crippen molar-refractivity contribution in [3.63, 3.8) is 0 Å². The van der Waals surface area contributed by atoms with Crippen LogP contribution in [0.3, 0.4) is 0 Å². The first-order valence-corrected chi connectivity index (χ1v) is 5.93. The van der Waals surface area contributed by atoms with Crippen LogP contribution in [0.15, 0.2) is 24.3 Å². The summed E-state index contributed by atoms with van der Waals surface area (Å²) in [6.45, 7) is 0.708. The molecule has 0 heterocycles. The van der Waals surface area contributed by atoms with Gasteiger partial charge in [0, 0.05) is 13.2 Å². The number of halogens is 2. The van der Waals surface area contributed by atoms with Crippen LogP contribution in [-0.2, 0) is 14.4 Å². The maximum Gasteiger partial charge on any atom is 0.267 e. The van der Waals surface area contributed by atoms with Crippen molar-refractivity contribution in [3.05, 3.63) is 39.9 Å². The van der Waals surface area contributed by atoms with Gasteiger partial charge in [0.05, 0.1) is 23.3 Å². The van der Waals surface area contributed by atoms with Crippen molar-refractivity contribution < 1.29 is 14.4 Å². The molecule has 0 bridgehead atoms. The molecule has 0 aliphatic rings. The number of hydrogen-bond donors (Lipinski definition) is 1. The normalized spacial score (nSPS) is 10.8. The van der Waals surface area contributed by atoms with E-state index in [2.05, 4.69) is 5.48 Å². The summed E-state index contributed by atoms with van der Waals surface area (Å²) in [6.07, 6.45) is 2.95. The van der Waals surface area contributed by atoms with Crippen LogP contribution in [0.5, 0.6) is 0 Å². The summed E-state index contributed by atoms with van der Waals surface area (Å²) in [7, 11) is 1.55. The van der Waals surface area contributed by atoms with E-state index < -0.39 is 0 Å². The number of amides is 1. The lowest BCUT2D eigenvalue weighted by Crippen LogP contribution is -2.23. The lowest BCUT2D eigenvalue weighted by molar-refractivity contribution is -0.129. The zero-order valence-electron chi connectivity index (χ0n) is 9.78. The van der Waals surface area contributed by atoms with Gasteiger partial charge in [0.25, 0.3) is 5.91 Å². The van der Waals surface area contributed by atoms with Crippen LogP contribution in [-0.4, -0.2) is 26.2 Å². The molecule has 0 aliphatic heterocycles. The van der Waals surface area contributed by atoms with Crippen molar-refractivity contribution in [2.75, 3.05) is 20.3 Å². The molecule has 0 aliphatic carbocycles. The maximum absolute atomic E-state index is 11.3. The van der Waals surface area contributed by atoms with Crippen LogP contribution < -0.4 is 5.48 Å². The van der Waals surface area contributed by atoms with Crippen LogP contribution in [0, 0.1) is 0 Å². The third-order valence-electron chi connectivity index (χ3n) is 1.93. The zero-order chi connectivity index (χ0) is 13.4. The van der Waals surface area contributed by atoms with E-state index in [1.54, 1.807) is 31.4 Å². The maximum atomic E-state index is 11.3. The Morgan fingerprint density at radius 3 is 2.78 bits per heavy atom. The van der Waals surface area contributed by atoms with Gasteiger partial charge in [-0.3, -0.25) is 9.63 Å². The largest absolute Gasteiger partial charge is 0.382 e. The van der Waals surface area contributed by atoms with E-state index in [1.165, 1.54) is 6.08 Å². The summed E-state index contributed by atoms with van der Waals surface area (Å²) in [5.74, 6) is -0.364. The Morgan fingerprint density at radius 2 is 2.11 bits per heavy atom. The minimum atomic E-state index is -0.364. The predicted molar refractivity (Wildman–Crippen MR) is 71.5 cm³/mol. The summed E-state index contributed by atoms with van der Waals surface area (Å²) < 4.78 is 4.76. The SMILES string of the molecule is COCCONC(=O)/C=C/c1ccc(Cl)c(Cl)c1. The number of methoxy groups -OCH3 is 1. The lowest BCUT2D eigenvalue weighted by atomic mass is 10.2. The van der Waals surface area contributed by atoms with Crippen LogP contribution in [0.1, 0.15) is 5.56 Å². The second-order valence-electron chi connectivity index (χ2n) is 3.31. The van der Waals surface area contributed by atoms with Gasteiger partial charge < -0.3 is 4.74 Å².